The first kappa shape index (κ1) is 37.0. The second-order valence-corrected chi connectivity index (χ2v) is 15.0. The van der Waals surface area contributed by atoms with E-state index < -0.39 is 12.0 Å². The number of nitrogens with one attached hydrogen (secondary N) is 2. The number of likely N-dealkylation sites (tertiary alicyclic amines) is 2. The summed E-state index contributed by atoms with van der Waals surface area (Å²) in [5.41, 5.74) is 3.40. The van der Waals surface area contributed by atoms with E-state index in [0.717, 1.165) is 29.3 Å². The molecule has 11 nitrogen and oxygen atoms in total. The van der Waals surface area contributed by atoms with E-state index in [-0.39, 0.29) is 48.6 Å². The number of aromatic nitrogens is 2. The summed E-state index contributed by atoms with van der Waals surface area (Å²) in [6.45, 7) is 5.33. The van der Waals surface area contributed by atoms with Crippen LogP contribution in [0, 0.1) is 17.8 Å². The zero-order valence-corrected chi connectivity index (χ0v) is 31.6. The van der Waals surface area contributed by atoms with Crippen molar-refractivity contribution in [2.75, 3.05) is 33.3 Å². The van der Waals surface area contributed by atoms with E-state index in [1.165, 1.54) is 11.8 Å². The van der Waals surface area contributed by atoms with Crippen LogP contribution in [-0.2, 0) is 22.4 Å². The first-order valence-electron chi connectivity index (χ1n) is 18.6. The van der Waals surface area contributed by atoms with Gasteiger partial charge in [0.1, 0.15) is 12.3 Å². The number of ether oxygens (including phenoxy) is 2. The number of halogens is 1. The first-order chi connectivity index (χ1) is 26.2. The molecule has 3 amide bonds. The summed E-state index contributed by atoms with van der Waals surface area (Å²) >= 11 is 6.21. The van der Waals surface area contributed by atoms with Gasteiger partial charge in [-0.15, -0.1) is 0 Å². The van der Waals surface area contributed by atoms with Crippen LogP contribution in [0.3, 0.4) is 0 Å². The Morgan fingerprint density at radius 1 is 1.00 bits per heavy atom. The number of oxazole rings is 1. The topological polar surface area (TPSA) is 130 Å². The normalized spacial score (nSPS) is 18.8. The maximum absolute atomic E-state index is 14.5. The summed E-state index contributed by atoms with van der Waals surface area (Å²) < 4.78 is 17.1. The molecule has 2 aliphatic heterocycles. The highest BCUT2D eigenvalue weighted by Gasteiger charge is 2.48. The van der Waals surface area contributed by atoms with Crippen LogP contribution in [0.2, 0.25) is 5.02 Å². The maximum atomic E-state index is 14.5. The van der Waals surface area contributed by atoms with Crippen LogP contribution in [0.15, 0.2) is 89.8 Å². The van der Waals surface area contributed by atoms with Gasteiger partial charge in [0.05, 0.1) is 31.7 Å². The molecule has 282 valence electrons. The van der Waals surface area contributed by atoms with Gasteiger partial charge in [0.25, 0.3) is 5.91 Å². The van der Waals surface area contributed by atoms with Gasteiger partial charge < -0.3 is 34.0 Å². The number of methoxy groups -OCH3 is 1. The molecule has 4 unspecified atom stereocenters. The van der Waals surface area contributed by atoms with Crippen molar-refractivity contribution in [2.24, 2.45) is 17.8 Å². The Morgan fingerprint density at radius 2 is 1.81 bits per heavy atom. The van der Waals surface area contributed by atoms with Crippen LogP contribution < -0.4 is 14.8 Å². The Morgan fingerprint density at radius 3 is 2.57 bits per heavy atom. The van der Waals surface area contributed by atoms with E-state index in [9.17, 15) is 14.4 Å². The number of hydrogen-bond donors (Lipinski definition) is 2. The van der Waals surface area contributed by atoms with Gasteiger partial charge in [-0.3, -0.25) is 14.4 Å². The summed E-state index contributed by atoms with van der Waals surface area (Å²) in [7, 11) is 1.55. The molecule has 2 aliphatic rings. The minimum absolute atomic E-state index is 0.0580. The number of rotatable bonds is 13. The molecule has 54 heavy (non-hydrogen) atoms. The molecule has 4 atom stereocenters. The van der Waals surface area contributed by atoms with Crippen LogP contribution in [0.4, 0.5) is 0 Å². The third-order valence-electron chi connectivity index (χ3n) is 10.6. The van der Waals surface area contributed by atoms with Crippen molar-refractivity contribution in [3.05, 3.63) is 113 Å². The lowest BCUT2D eigenvalue weighted by atomic mass is 9.79. The predicted octanol–water partition coefficient (Wildman–Crippen LogP) is 6.87. The molecule has 12 heteroatoms. The van der Waals surface area contributed by atoms with E-state index in [1.807, 2.05) is 56.4 Å². The molecule has 0 spiro atoms. The molecular formula is C42H46ClN5O6. The highest BCUT2D eigenvalue weighted by Crippen LogP contribution is 2.38. The number of aryl methyl sites for hydroxylation is 1. The Kier molecular flexibility index (Phi) is 11.2. The monoisotopic (exact) mass is 751 g/mol. The molecular weight excluding hydrogens is 706 g/mol. The van der Waals surface area contributed by atoms with Crippen LogP contribution in [0.1, 0.15) is 60.1 Å². The Balaban J connectivity index is 1.12. The van der Waals surface area contributed by atoms with Crippen LogP contribution >= 0.6 is 11.6 Å². The van der Waals surface area contributed by atoms with Crippen molar-refractivity contribution in [1.82, 2.24) is 25.1 Å². The molecule has 2 fully saturated rings. The quantitative estimate of drug-likeness (QED) is 0.134. The van der Waals surface area contributed by atoms with E-state index in [4.69, 9.17) is 25.5 Å². The van der Waals surface area contributed by atoms with Gasteiger partial charge in [-0.2, -0.15) is 0 Å². The number of aromatic amines is 1. The van der Waals surface area contributed by atoms with Crippen molar-refractivity contribution in [1.29, 1.82) is 0 Å². The standard InChI is InChI=1S/C42H46ClN5O6/c1-26(2)54-37-15-12-28(18-38(37)52-3)42(51)48-23-30-22-47(39(49)19-29-21-45-36-20-31(43)13-14-32(29)36)25-34(33(30)24-48)40(50)46-35(41-44-16-17-53-41)11-7-10-27-8-5-4-6-9-27/h4-6,8-9,12-18,20-21,26,30,33-35,45H,7,10-11,19,22-25H2,1-3H3,(H,46,50). The van der Waals surface area contributed by atoms with Gasteiger partial charge in [-0.05, 0) is 86.4 Å². The number of piperidine rings is 1. The molecule has 2 aromatic heterocycles. The fraction of sp³-hybridized carbons (Fsp3) is 0.381. The number of carbonyl (C=O) groups is 3. The minimum atomic E-state index is -0.560. The second-order valence-electron chi connectivity index (χ2n) is 14.6. The predicted molar refractivity (Wildman–Crippen MR) is 205 cm³/mol. The number of fused-ring (bicyclic) bond motifs is 2. The zero-order valence-electron chi connectivity index (χ0n) is 30.8. The Bertz CT molecular complexity index is 2080. The van der Waals surface area contributed by atoms with Gasteiger partial charge in [-0.25, -0.2) is 4.98 Å². The summed E-state index contributed by atoms with van der Waals surface area (Å²) in [6, 6.07) is 20.5. The van der Waals surface area contributed by atoms with Gasteiger partial charge in [0.2, 0.25) is 17.7 Å². The highest BCUT2D eigenvalue weighted by atomic mass is 35.5. The molecule has 0 radical (unpaired) electrons. The summed E-state index contributed by atoms with van der Waals surface area (Å²) in [4.78, 5) is 53.8. The lowest BCUT2D eigenvalue weighted by molar-refractivity contribution is -0.138. The highest BCUT2D eigenvalue weighted by molar-refractivity contribution is 6.31. The molecule has 7 rings (SSSR count). The number of hydrogen-bond acceptors (Lipinski definition) is 7. The first-order valence-corrected chi connectivity index (χ1v) is 19.0. The van der Waals surface area contributed by atoms with Crippen molar-refractivity contribution < 1.29 is 28.3 Å². The number of H-pyrrole nitrogens is 1. The van der Waals surface area contributed by atoms with E-state index in [2.05, 4.69) is 27.4 Å². The Hall–Kier alpha value is -5.29. The third-order valence-corrected chi connectivity index (χ3v) is 10.8. The number of benzene rings is 3. The van der Waals surface area contributed by atoms with E-state index in [0.29, 0.717) is 54.0 Å². The van der Waals surface area contributed by atoms with Crippen LogP contribution in [-0.4, -0.2) is 76.9 Å². The van der Waals surface area contributed by atoms with Crippen molar-refractivity contribution in [3.63, 3.8) is 0 Å². The van der Waals surface area contributed by atoms with Crippen LogP contribution in [0.5, 0.6) is 11.5 Å². The summed E-state index contributed by atoms with van der Waals surface area (Å²) in [6.07, 6.45) is 7.32. The molecule has 2 saturated heterocycles. The number of carbonyl (C=O) groups excluding carboxylic acids is 3. The molecule has 5 aromatic rings. The summed E-state index contributed by atoms with van der Waals surface area (Å²) in [5.74, 6) is 0.237. The maximum Gasteiger partial charge on any atom is 0.254 e. The molecule has 2 N–H and O–H groups in total. The minimum Gasteiger partial charge on any atom is -0.493 e. The fourth-order valence-electron chi connectivity index (χ4n) is 7.93. The second kappa shape index (κ2) is 16.4. The third kappa shape index (κ3) is 8.26. The Labute approximate surface area is 320 Å². The van der Waals surface area contributed by atoms with Gasteiger partial charge in [-0.1, -0.05) is 48.0 Å². The van der Waals surface area contributed by atoms with Crippen molar-refractivity contribution >= 4 is 40.2 Å². The van der Waals surface area contributed by atoms with E-state index in [1.54, 1.807) is 41.3 Å². The lowest BCUT2D eigenvalue weighted by Gasteiger charge is -2.40. The fourth-order valence-corrected chi connectivity index (χ4v) is 8.11. The van der Waals surface area contributed by atoms with Gasteiger partial charge in [0.15, 0.2) is 11.5 Å². The summed E-state index contributed by atoms with van der Waals surface area (Å²) in [5, 5.41) is 4.79. The molecule has 4 heterocycles. The largest absolute Gasteiger partial charge is 0.493 e. The number of nitrogens with zero attached hydrogens (tertiary/aromatic N) is 3. The van der Waals surface area contributed by atoms with Crippen LogP contribution in [0.25, 0.3) is 10.9 Å². The molecule has 3 aromatic carbocycles. The molecule has 0 aliphatic carbocycles. The smallest absolute Gasteiger partial charge is 0.254 e. The average Bonchev–Trinajstić information content (AvgIpc) is 3.95. The van der Waals surface area contributed by atoms with Gasteiger partial charge in [0, 0.05) is 53.9 Å². The van der Waals surface area contributed by atoms with Crippen molar-refractivity contribution in [3.8, 4) is 11.5 Å². The average molecular weight is 752 g/mol. The van der Waals surface area contributed by atoms with E-state index >= 15 is 0 Å². The SMILES string of the molecule is COc1cc(C(=O)N2CC3CN(C(=O)Cc4c[nH]c5cc(Cl)ccc45)CC(C(=O)NC(CCCc4ccccc4)c4ncco4)C3C2)ccc1OC(C)C. The van der Waals surface area contributed by atoms with Crippen molar-refractivity contribution in [2.45, 2.75) is 51.7 Å². The number of amides is 3. The van der Waals surface area contributed by atoms with Gasteiger partial charge >= 0.3 is 0 Å². The molecule has 0 saturated carbocycles. The lowest BCUT2D eigenvalue weighted by Crippen LogP contribution is -2.53. The molecule has 0 bridgehead atoms. The zero-order chi connectivity index (χ0) is 37.8.